The minimum Gasteiger partial charge on any atom is -0.344 e. The average Bonchev–Trinajstić information content (AvgIpc) is 2.68. The van der Waals surface area contributed by atoms with Crippen molar-refractivity contribution in [3.8, 4) is 0 Å². The van der Waals surface area contributed by atoms with Gasteiger partial charge in [-0.25, -0.2) is 0 Å². The van der Waals surface area contributed by atoms with Crippen molar-refractivity contribution in [3.05, 3.63) is 54.1 Å². The van der Waals surface area contributed by atoms with E-state index >= 15 is 0 Å². The standard InChI is InChI=1S/C19H21N3O2/c1-14(23)20(2)12-13-22-18-11-7-6-10-17(18)21(3)16-9-5-4-8-15(16)19(22)24/h4-11H,12-13H2,1-3H3. The number of hydrogen-bond donors (Lipinski definition) is 0. The number of likely N-dealkylation sites (N-methyl/N-ethyl adjacent to an activating group) is 1. The first-order valence-electron chi connectivity index (χ1n) is 7.96. The maximum Gasteiger partial charge on any atom is 0.260 e. The van der Waals surface area contributed by atoms with Crippen molar-refractivity contribution in [1.82, 2.24) is 4.90 Å². The van der Waals surface area contributed by atoms with Gasteiger partial charge in [-0.15, -0.1) is 0 Å². The van der Waals surface area contributed by atoms with Crippen LogP contribution in [0.1, 0.15) is 17.3 Å². The molecule has 1 aliphatic rings. The summed E-state index contributed by atoms with van der Waals surface area (Å²) in [7, 11) is 3.72. The zero-order valence-electron chi connectivity index (χ0n) is 14.2. The summed E-state index contributed by atoms with van der Waals surface area (Å²) in [5.41, 5.74) is 3.39. The highest BCUT2D eigenvalue weighted by Gasteiger charge is 2.29. The summed E-state index contributed by atoms with van der Waals surface area (Å²) < 4.78 is 0. The topological polar surface area (TPSA) is 43.9 Å². The minimum atomic E-state index is -0.0423. The predicted octanol–water partition coefficient (Wildman–Crippen LogP) is 2.89. The van der Waals surface area contributed by atoms with Crippen molar-refractivity contribution < 1.29 is 9.59 Å². The van der Waals surface area contributed by atoms with Crippen molar-refractivity contribution >= 4 is 28.9 Å². The van der Waals surface area contributed by atoms with Crippen LogP contribution in [0.2, 0.25) is 0 Å². The molecule has 0 saturated heterocycles. The lowest BCUT2D eigenvalue weighted by Crippen LogP contribution is -2.38. The lowest BCUT2D eigenvalue weighted by atomic mass is 10.1. The number of carbonyl (C=O) groups excluding carboxylic acids is 2. The Labute approximate surface area is 142 Å². The zero-order chi connectivity index (χ0) is 17.3. The molecule has 0 saturated carbocycles. The highest BCUT2D eigenvalue weighted by Crippen LogP contribution is 2.39. The first-order valence-corrected chi connectivity index (χ1v) is 7.96. The van der Waals surface area contributed by atoms with Gasteiger partial charge in [-0.2, -0.15) is 0 Å². The first kappa shape index (κ1) is 16.1. The van der Waals surface area contributed by atoms with E-state index in [2.05, 4.69) is 0 Å². The number of para-hydroxylation sites is 3. The Kier molecular flexibility index (Phi) is 4.25. The van der Waals surface area contributed by atoms with Gasteiger partial charge < -0.3 is 14.7 Å². The molecule has 0 bridgehead atoms. The molecule has 2 amide bonds. The molecule has 0 unspecified atom stereocenters. The van der Waals surface area contributed by atoms with Gasteiger partial charge in [-0.1, -0.05) is 24.3 Å². The second-order valence-corrected chi connectivity index (χ2v) is 5.96. The third-order valence-electron chi connectivity index (χ3n) is 4.47. The largest absolute Gasteiger partial charge is 0.344 e. The lowest BCUT2D eigenvalue weighted by molar-refractivity contribution is -0.127. The summed E-state index contributed by atoms with van der Waals surface area (Å²) in [4.78, 5) is 30.0. The number of rotatable bonds is 3. The number of carbonyl (C=O) groups is 2. The number of nitrogens with zero attached hydrogens (tertiary/aromatic N) is 3. The van der Waals surface area contributed by atoms with Crippen molar-refractivity contribution in [1.29, 1.82) is 0 Å². The fraction of sp³-hybridized carbons (Fsp3) is 0.263. The van der Waals surface area contributed by atoms with Crippen LogP contribution in [-0.4, -0.2) is 43.9 Å². The second kappa shape index (κ2) is 6.35. The number of hydrogen-bond acceptors (Lipinski definition) is 3. The van der Waals surface area contributed by atoms with Crippen molar-refractivity contribution in [2.45, 2.75) is 6.92 Å². The SMILES string of the molecule is CC(=O)N(C)CCN1C(=O)c2ccccc2N(C)c2ccccc21. The number of fused-ring (bicyclic) bond motifs is 2. The average molecular weight is 323 g/mol. The Bertz CT molecular complexity index is 788. The summed E-state index contributed by atoms with van der Waals surface area (Å²) in [6.07, 6.45) is 0. The van der Waals surface area contributed by atoms with Crippen LogP contribution in [0.3, 0.4) is 0 Å². The molecule has 0 radical (unpaired) electrons. The Morgan fingerprint density at radius 3 is 2.25 bits per heavy atom. The molecule has 1 heterocycles. The summed E-state index contributed by atoms with van der Waals surface area (Å²) in [5, 5.41) is 0. The molecule has 0 spiro atoms. The van der Waals surface area contributed by atoms with Gasteiger partial charge in [-0.05, 0) is 24.3 Å². The van der Waals surface area contributed by atoms with Gasteiger partial charge >= 0.3 is 0 Å². The highest BCUT2D eigenvalue weighted by molar-refractivity contribution is 6.13. The van der Waals surface area contributed by atoms with E-state index in [-0.39, 0.29) is 11.8 Å². The summed E-state index contributed by atoms with van der Waals surface area (Å²) >= 11 is 0. The number of benzene rings is 2. The maximum atomic E-state index is 13.1. The third kappa shape index (κ3) is 2.73. The van der Waals surface area contributed by atoms with Crippen LogP contribution >= 0.6 is 0 Å². The van der Waals surface area contributed by atoms with E-state index in [1.165, 1.54) is 6.92 Å². The molecule has 5 nitrogen and oxygen atoms in total. The van der Waals surface area contributed by atoms with Gasteiger partial charge in [0, 0.05) is 34.1 Å². The van der Waals surface area contributed by atoms with Crippen LogP contribution in [0.25, 0.3) is 0 Å². The number of amides is 2. The molecule has 124 valence electrons. The molecule has 24 heavy (non-hydrogen) atoms. The molecule has 0 fully saturated rings. The van der Waals surface area contributed by atoms with Gasteiger partial charge in [-0.3, -0.25) is 9.59 Å². The molecule has 0 atom stereocenters. The van der Waals surface area contributed by atoms with Crippen LogP contribution < -0.4 is 9.80 Å². The van der Waals surface area contributed by atoms with Gasteiger partial charge in [0.05, 0.1) is 22.6 Å². The Balaban J connectivity index is 2.05. The Morgan fingerprint density at radius 2 is 1.58 bits per heavy atom. The van der Waals surface area contributed by atoms with Gasteiger partial charge in [0.1, 0.15) is 0 Å². The van der Waals surface area contributed by atoms with E-state index in [9.17, 15) is 9.59 Å². The number of anilines is 3. The fourth-order valence-corrected chi connectivity index (χ4v) is 2.94. The molecule has 2 aromatic rings. The smallest absolute Gasteiger partial charge is 0.260 e. The molecular weight excluding hydrogens is 302 g/mol. The molecule has 5 heteroatoms. The molecule has 2 aromatic carbocycles. The molecule has 0 aliphatic carbocycles. The van der Waals surface area contributed by atoms with Crippen LogP contribution in [-0.2, 0) is 4.79 Å². The van der Waals surface area contributed by atoms with Crippen LogP contribution in [0.15, 0.2) is 48.5 Å². The molecule has 3 rings (SSSR count). The third-order valence-corrected chi connectivity index (χ3v) is 4.47. The van der Waals surface area contributed by atoms with E-state index in [4.69, 9.17) is 0 Å². The van der Waals surface area contributed by atoms with E-state index in [1.54, 1.807) is 16.8 Å². The molecular formula is C19H21N3O2. The van der Waals surface area contributed by atoms with Crippen molar-refractivity contribution in [3.63, 3.8) is 0 Å². The first-order chi connectivity index (χ1) is 11.5. The van der Waals surface area contributed by atoms with Gasteiger partial charge in [0.25, 0.3) is 5.91 Å². The van der Waals surface area contributed by atoms with Crippen molar-refractivity contribution in [2.24, 2.45) is 0 Å². The van der Waals surface area contributed by atoms with E-state index in [0.29, 0.717) is 18.7 Å². The molecule has 0 N–H and O–H groups in total. The Hall–Kier alpha value is -2.82. The van der Waals surface area contributed by atoms with E-state index < -0.39 is 0 Å². The predicted molar refractivity (Wildman–Crippen MR) is 95.9 cm³/mol. The highest BCUT2D eigenvalue weighted by atomic mass is 16.2. The minimum absolute atomic E-state index is 0.0110. The van der Waals surface area contributed by atoms with E-state index in [1.807, 2.05) is 60.5 Å². The van der Waals surface area contributed by atoms with Crippen LogP contribution in [0.5, 0.6) is 0 Å². The summed E-state index contributed by atoms with van der Waals surface area (Å²) in [6, 6.07) is 15.5. The monoisotopic (exact) mass is 323 g/mol. The van der Waals surface area contributed by atoms with Gasteiger partial charge in [0.15, 0.2) is 0 Å². The maximum absolute atomic E-state index is 13.1. The normalized spacial score (nSPS) is 13.2. The fourth-order valence-electron chi connectivity index (χ4n) is 2.94. The summed E-state index contributed by atoms with van der Waals surface area (Å²) in [6.45, 7) is 2.47. The summed E-state index contributed by atoms with van der Waals surface area (Å²) in [5.74, 6) is -0.0533. The van der Waals surface area contributed by atoms with Gasteiger partial charge in [0.2, 0.25) is 5.91 Å². The van der Waals surface area contributed by atoms with Crippen LogP contribution in [0, 0.1) is 0 Å². The van der Waals surface area contributed by atoms with Crippen molar-refractivity contribution in [2.75, 3.05) is 37.0 Å². The Morgan fingerprint density at radius 1 is 1.00 bits per heavy atom. The molecule has 1 aliphatic heterocycles. The lowest BCUT2D eigenvalue weighted by Gasteiger charge is -2.26. The molecule has 0 aromatic heterocycles. The van der Waals surface area contributed by atoms with E-state index in [0.717, 1.165) is 17.1 Å². The van der Waals surface area contributed by atoms with Crippen LogP contribution in [0.4, 0.5) is 17.1 Å². The quantitative estimate of drug-likeness (QED) is 0.872. The zero-order valence-corrected chi connectivity index (χ0v) is 14.2. The second-order valence-electron chi connectivity index (χ2n) is 5.96.